The number of benzene rings is 1. The molecule has 0 aliphatic carbocycles. The molecule has 0 aromatic heterocycles. The fraction of sp³-hybridized carbons (Fsp3) is 0.333. The van der Waals surface area contributed by atoms with Gasteiger partial charge >= 0.3 is 0 Å². The van der Waals surface area contributed by atoms with Crippen LogP contribution in [0.1, 0.15) is 18.0 Å². The second-order valence-corrected chi connectivity index (χ2v) is 3.15. The van der Waals surface area contributed by atoms with E-state index in [4.69, 9.17) is 16.2 Å². The molecule has 4 heteroatoms. The minimum atomic E-state index is -0.129. The van der Waals surface area contributed by atoms with Crippen molar-refractivity contribution in [3.63, 3.8) is 0 Å². The molecule has 5 N–H and O–H groups in total. The maximum absolute atomic E-state index is 9.36. The maximum atomic E-state index is 9.36. The number of nitrogens with two attached hydrogens (primary N) is 2. The zero-order valence-electron chi connectivity index (χ0n) is 7.16. The molecule has 1 aromatic rings. The number of hydrogen-bond acceptors (Lipinski definition) is 4. The molecule has 0 unspecified atom stereocenters. The molecule has 2 rings (SSSR count). The highest BCUT2D eigenvalue weighted by atomic mass is 16.5. The van der Waals surface area contributed by atoms with E-state index in [9.17, 15) is 5.11 Å². The average Bonchev–Trinajstić information content (AvgIpc) is 2.12. The van der Waals surface area contributed by atoms with Crippen molar-refractivity contribution in [3.8, 4) is 11.5 Å². The lowest BCUT2D eigenvalue weighted by Gasteiger charge is -2.24. The summed E-state index contributed by atoms with van der Waals surface area (Å²) in [6.45, 7) is 0.610. The highest BCUT2D eigenvalue weighted by Crippen LogP contribution is 2.39. The number of nitrogen functional groups attached to an aromatic ring is 1. The lowest BCUT2D eigenvalue weighted by Crippen LogP contribution is -2.21. The van der Waals surface area contributed by atoms with E-state index in [0.29, 0.717) is 18.0 Å². The molecule has 0 saturated heterocycles. The third-order valence-corrected chi connectivity index (χ3v) is 2.28. The first-order chi connectivity index (χ1) is 6.20. The monoisotopic (exact) mass is 180 g/mol. The predicted molar refractivity (Wildman–Crippen MR) is 49.6 cm³/mol. The molecule has 1 atom stereocenters. The van der Waals surface area contributed by atoms with Crippen molar-refractivity contribution >= 4 is 5.69 Å². The Balaban J connectivity index is 2.58. The molecule has 0 spiro atoms. The van der Waals surface area contributed by atoms with E-state index in [1.807, 2.05) is 0 Å². The number of fused-ring (bicyclic) bond motifs is 1. The summed E-state index contributed by atoms with van der Waals surface area (Å²) in [5.41, 5.74) is 12.6. The van der Waals surface area contributed by atoms with Gasteiger partial charge in [-0.3, -0.25) is 0 Å². The van der Waals surface area contributed by atoms with E-state index in [-0.39, 0.29) is 11.8 Å². The molecule has 13 heavy (non-hydrogen) atoms. The van der Waals surface area contributed by atoms with Gasteiger partial charge < -0.3 is 21.3 Å². The summed E-state index contributed by atoms with van der Waals surface area (Å²) in [7, 11) is 0. The van der Waals surface area contributed by atoms with Crippen molar-refractivity contribution < 1.29 is 9.84 Å². The van der Waals surface area contributed by atoms with E-state index in [1.165, 1.54) is 6.07 Å². The summed E-state index contributed by atoms with van der Waals surface area (Å²) in [5.74, 6) is 0.758. The lowest BCUT2D eigenvalue weighted by molar-refractivity contribution is 0.269. The van der Waals surface area contributed by atoms with Crippen molar-refractivity contribution in [1.29, 1.82) is 0 Å². The van der Waals surface area contributed by atoms with Crippen LogP contribution in [-0.2, 0) is 0 Å². The van der Waals surface area contributed by atoms with Crippen molar-refractivity contribution in [2.45, 2.75) is 12.5 Å². The van der Waals surface area contributed by atoms with Crippen LogP contribution in [-0.4, -0.2) is 11.7 Å². The van der Waals surface area contributed by atoms with Gasteiger partial charge in [0.05, 0.1) is 12.3 Å². The molecule has 0 fully saturated rings. The summed E-state index contributed by atoms with van der Waals surface area (Å²) in [4.78, 5) is 0. The van der Waals surface area contributed by atoms with Gasteiger partial charge in [0.15, 0.2) is 0 Å². The molecule has 1 aromatic carbocycles. The van der Waals surface area contributed by atoms with Crippen molar-refractivity contribution in [2.75, 3.05) is 12.3 Å². The Labute approximate surface area is 76.1 Å². The van der Waals surface area contributed by atoms with E-state index in [2.05, 4.69) is 0 Å². The number of hydrogen-bond donors (Lipinski definition) is 3. The van der Waals surface area contributed by atoms with E-state index in [0.717, 1.165) is 12.0 Å². The van der Waals surface area contributed by atoms with Gasteiger partial charge in [-0.15, -0.1) is 0 Å². The topological polar surface area (TPSA) is 81.5 Å². The van der Waals surface area contributed by atoms with Crippen molar-refractivity contribution in [3.05, 3.63) is 17.7 Å². The molecule has 0 saturated carbocycles. The Morgan fingerprint density at radius 1 is 1.46 bits per heavy atom. The first-order valence-corrected chi connectivity index (χ1v) is 4.20. The minimum Gasteiger partial charge on any atom is -0.506 e. The minimum absolute atomic E-state index is 0.0692. The molecule has 1 aliphatic heterocycles. The van der Waals surface area contributed by atoms with Crippen LogP contribution in [0.4, 0.5) is 5.69 Å². The van der Waals surface area contributed by atoms with Gasteiger partial charge in [0.1, 0.15) is 11.5 Å². The van der Waals surface area contributed by atoms with Crippen molar-refractivity contribution in [1.82, 2.24) is 0 Å². The van der Waals surface area contributed by atoms with Crippen LogP contribution in [0.5, 0.6) is 11.5 Å². The van der Waals surface area contributed by atoms with Crippen LogP contribution < -0.4 is 16.2 Å². The molecule has 0 radical (unpaired) electrons. The van der Waals surface area contributed by atoms with E-state index in [1.54, 1.807) is 6.07 Å². The first kappa shape index (κ1) is 8.19. The highest BCUT2D eigenvalue weighted by Gasteiger charge is 2.22. The Hall–Kier alpha value is -1.42. The van der Waals surface area contributed by atoms with E-state index >= 15 is 0 Å². The fourth-order valence-electron chi connectivity index (χ4n) is 1.55. The molecule has 0 amide bonds. The summed E-state index contributed by atoms with van der Waals surface area (Å²) < 4.78 is 5.36. The zero-order valence-corrected chi connectivity index (χ0v) is 7.16. The van der Waals surface area contributed by atoms with Gasteiger partial charge in [0.25, 0.3) is 0 Å². The molecule has 70 valence electrons. The number of phenolic OH excluding ortho intramolecular Hbond substituents is 1. The number of rotatable bonds is 0. The Kier molecular flexibility index (Phi) is 1.77. The maximum Gasteiger partial charge on any atom is 0.139 e. The summed E-state index contributed by atoms with van der Waals surface area (Å²) in [6.07, 6.45) is 0.737. The highest BCUT2D eigenvalue weighted by molar-refractivity contribution is 5.64. The average molecular weight is 180 g/mol. The SMILES string of the molecule is Nc1c(O)ccc2c1[C@@H](N)CCO2. The Morgan fingerprint density at radius 3 is 3.00 bits per heavy atom. The van der Waals surface area contributed by atoms with Gasteiger partial charge in [-0.2, -0.15) is 0 Å². The van der Waals surface area contributed by atoms with Crippen LogP contribution in [0, 0.1) is 0 Å². The van der Waals surface area contributed by atoms with Gasteiger partial charge in [-0.1, -0.05) is 0 Å². The largest absolute Gasteiger partial charge is 0.506 e. The van der Waals surface area contributed by atoms with Gasteiger partial charge in [0.2, 0.25) is 0 Å². The Morgan fingerprint density at radius 2 is 2.23 bits per heavy atom. The smallest absolute Gasteiger partial charge is 0.139 e. The van der Waals surface area contributed by atoms with Crippen LogP contribution >= 0.6 is 0 Å². The molecule has 0 bridgehead atoms. The lowest BCUT2D eigenvalue weighted by atomic mass is 9.99. The zero-order chi connectivity index (χ0) is 9.42. The predicted octanol–water partition coefficient (Wildman–Crippen LogP) is 0.757. The number of ether oxygens (including phenoxy) is 1. The second kappa shape index (κ2) is 2.81. The summed E-state index contributed by atoms with van der Waals surface area (Å²) >= 11 is 0. The van der Waals surface area contributed by atoms with Crippen molar-refractivity contribution in [2.24, 2.45) is 5.73 Å². The Bertz CT molecular complexity index is 339. The molecular weight excluding hydrogens is 168 g/mol. The second-order valence-electron chi connectivity index (χ2n) is 3.15. The quantitative estimate of drug-likeness (QED) is 0.406. The molecule has 4 nitrogen and oxygen atoms in total. The van der Waals surface area contributed by atoms with Gasteiger partial charge in [0, 0.05) is 18.0 Å². The van der Waals surface area contributed by atoms with E-state index < -0.39 is 0 Å². The number of anilines is 1. The number of phenols is 1. The van der Waals surface area contributed by atoms with Crippen LogP contribution in [0.3, 0.4) is 0 Å². The normalized spacial score (nSPS) is 20.5. The standard InChI is InChI=1S/C9H12N2O2/c10-5-3-4-13-7-2-1-6(12)9(11)8(5)7/h1-2,5,12H,3-4,10-11H2/t5-/m0/s1. The number of aromatic hydroxyl groups is 1. The summed E-state index contributed by atoms with van der Waals surface area (Å²) in [5, 5.41) is 9.36. The van der Waals surface area contributed by atoms with Crippen LogP contribution in [0.2, 0.25) is 0 Å². The molecular formula is C9H12N2O2. The van der Waals surface area contributed by atoms with Gasteiger partial charge in [-0.25, -0.2) is 0 Å². The third kappa shape index (κ3) is 1.19. The first-order valence-electron chi connectivity index (χ1n) is 4.20. The third-order valence-electron chi connectivity index (χ3n) is 2.28. The van der Waals surface area contributed by atoms with Crippen LogP contribution in [0.25, 0.3) is 0 Å². The van der Waals surface area contributed by atoms with Crippen LogP contribution in [0.15, 0.2) is 12.1 Å². The molecule has 1 aliphatic rings. The fourth-order valence-corrected chi connectivity index (χ4v) is 1.55. The summed E-state index contributed by atoms with van der Waals surface area (Å²) in [6, 6.07) is 3.09. The molecule has 1 heterocycles. The van der Waals surface area contributed by atoms with Gasteiger partial charge in [-0.05, 0) is 12.1 Å².